The second kappa shape index (κ2) is 5.83. The highest BCUT2D eigenvalue weighted by Gasteiger charge is 2.44. The van der Waals surface area contributed by atoms with Crippen molar-refractivity contribution in [3.63, 3.8) is 0 Å². The van der Waals surface area contributed by atoms with Gasteiger partial charge in [-0.05, 0) is 45.4 Å². The van der Waals surface area contributed by atoms with Crippen molar-refractivity contribution in [2.45, 2.75) is 39.7 Å². The fourth-order valence-corrected chi connectivity index (χ4v) is 1.86. The Morgan fingerprint density at radius 1 is 1.25 bits per heavy atom. The van der Waals surface area contributed by atoms with Crippen molar-refractivity contribution in [3.05, 3.63) is 34.9 Å². The van der Waals surface area contributed by atoms with Crippen molar-refractivity contribution in [2.75, 3.05) is 0 Å². The number of amides is 1. The summed E-state index contributed by atoms with van der Waals surface area (Å²) in [4.78, 5) is 23.3. The molecule has 20 heavy (non-hydrogen) atoms. The fourth-order valence-electron chi connectivity index (χ4n) is 1.65. The zero-order chi connectivity index (χ0) is 15.6. The lowest BCUT2D eigenvalue weighted by atomic mass is 9.74. The van der Waals surface area contributed by atoms with Crippen LogP contribution >= 0.6 is 11.6 Å². The summed E-state index contributed by atoms with van der Waals surface area (Å²) in [5.41, 5.74) is -1.15. The van der Waals surface area contributed by atoms with E-state index in [0.29, 0.717) is 5.02 Å². The molecule has 0 saturated heterocycles. The second-order valence-corrected chi connectivity index (χ2v) is 6.35. The van der Waals surface area contributed by atoms with Crippen LogP contribution in [-0.4, -0.2) is 22.5 Å². The molecule has 0 spiro atoms. The lowest BCUT2D eigenvalue weighted by Crippen LogP contribution is -2.57. The zero-order valence-corrected chi connectivity index (χ0v) is 12.9. The number of rotatable bonds is 5. The minimum Gasteiger partial charge on any atom is -0.481 e. The minimum atomic E-state index is -1.07. The molecular formula is C15H20ClNO3. The summed E-state index contributed by atoms with van der Waals surface area (Å²) in [6.07, 6.45) is 0.166. The predicted molar refractivity (Wildman–Crippen MR) is 78.8 cm³/mol. The van der Waals surface area contributed by atoms with E-state index in [1.807, 2.05) is 0 Å². The van der Waals surface area contributed by atoms with Crippen LogP contribution in [0, 0.1) is 5.41 Å². The van der Waals surface area contributed by atoms with Gasteiger partial charge in [0.1, 0.15) is 0 Å². The molecule has 0 fully saturated rings. The molecule has 0 bridgehead atoms. The number of benzene rings is 1. The van der Waals surface area contributed by atoms with Gasteiger partial charge in [0.15, 0.2) is 0 Å². The summed E-state index contributed by atoms with van der Waals surface area (Å²) in [6.45, 7) is 6.60. The quantitative estimate of drug-likeness (QED) is 0.878. The normalized spacial score (nSPS) is 12.1. The zero-order valence-electron chi connectivity index (χ0n) is 12.2. The summed E-state index contributed by atoms with van der Waals surface area (Å²) in [7, 11) is 0. The second-order valence-electron chi connectivity index (χ2n) is 5.91. The van der Waals surface area contributed by atoms with Crippen molar-refractivity contribution < 1.29 is 14.7 Å². The van der Waals surface area contributed by atoms with Crippen LogP contribution in [0.2, 0.25) is 5.02 Å². The molecule has 1 aromatic rings. The van der Waals surface area contributed by atoms with Gasteiger partial charge in [-0.1, -0.05) is 23.7 Å². The van der Waals surface area contributed by atoms with E-state index in [2.05, 4.69) is 5.32 Å². The molecule has 0 atom stereocenters. The van der Waals surface area contributed by atoms with Gasteiger partial charge in [-0.2, -0.15) is 0 Å². The minimum absolute atomic E-state index is 0.166. The third-order valence-electron chi connectivity index (χ3n) is 3.80. The molecule has 1 aromatic carbocycles. The molecule has 0 aliphatic heterocycles. The monoisotopic (exact) mass is 297 g/mol. The first-order chi connectivity index (χ1) is 9.06. The topological polar surface area (TPSA) is 66.4 Å². The maximum atomic E-state index is 12.1. The fraction of sp³-hybridized carbons (Fsp3) is 0.467. The molecular weight excluding hydrogens is 278 g/mol. The van der Waals surface area contributed by atoms with E-state index in [-0.39, 0.29) is 12.3 Å². The number of hydrogen-bond donors (Lipinski definition) is 2. The maximum Gasteiger partial charge on any atom is 0.311 e. The predicted octanol–water partition coefficient (Wildman–Crippen LogP) is 2.89. The standard InChI is InChI=1S/C15H20ClNO3/c1-14(2,13(19)20)15(3,4)17-12(18)9-10-6-5-7-11(16)8-10/h5-8H,9H2,1-4H3,(H,17,18)(H,19,20). The Kier molecular flexibility index (Phi) is 4.81. The number of carboxylic acids is 1. The summed E-state index contributed by atoms with van der Waals surface area (Å²) < 4.78 is 0. The van der Waals surface area contributed by atoms with Crippen LogP contribution in [0.3, 0.4) is 0 Å². The summed E-state index contributed by atoms with van der Waals surface area (Å²) in [6, 6.07) is 7.04. The molecule has 0 aromatic heterocycles. The molecule has 0 aliphatic carbocycles. The van der Waals surface area contributed by atoms with Gasteiger partial charge in [-0.3, -0.25) is 9.59 Å². The van der Waals surface area contributed by atoms with Gasteiger partial charge in [0.05, 0.1) is 11.8 Å². The third kappa shape index (κ3) is 3.73. The highest BCUT2D eigenvalue weighted by Crippen LogP contribution is 2.30. The molecule has 110 valence electrons. The van der Waals surface area contributed by atoms with E-state index in [9.17, 15) is 14.7 Å². The van der Waals surface area contributed by atoms with Gasteiger partial charge in [0.25, 0.3) is 0 Å². The highest BCUT2D eigenvalue weighted by molar-refractivity contribution is 6.30. The van der Waals surface area contributed by atoms with E-state index >= 15 is 0 Å². The van der Waals surface area contributed by atoms with E-state index in [4.69, 9.17) is 11.6 Å². The number of carboxylic acid groups (broad SMARTS) is 1. The van der Waals surface area contributed by atoms with Crippen LogP contribution in [-0.2, 0) is 16.0 Å². The lowest BCUT2D eigenvalue weighted by molar-refractivity contribution is -0.151. The molecule has 0 radical (unpaired) electrons. The summed E-state index contributed by atoms with van der Waals surface area (Å²) >= 11 is 5.87. The van der Waals surface area contributed by atoms with E-state index in [1.54, 1.807) is 52.0 Å². The molecule has 0 heterocycles. The van der Waals surface area contributed by atoms with Gasteiger partial charge in [0.2, 0.25) is 5.91 Å². The molecule has 1 amide bonds. The first-order valence-electron chi connectivity index (χ1n) is 6.35. The van der Waals surface area contributed by atoms with Crippen LogP contribution in [0.5, 0.6) is 0 Å². The smallest absolute Gasteiger partial charge is 0.311 e. The van der Waals surface area contributed by atoms with Crippen LogP contribution in [0.15, 0.2) is 24.3 Å². The van der Waals surface area contributed by atoms with Gasteiger partial charge >= 0.3 is 5.97 Å². The average Bonchev–Trinajstić information content (AvgIpc) is 2.27. The maximum absolute atomic E-state index is 12.1. The van der Waals surface area contributed by atoms with Gasteiger partial charge in [-0.25, -0.2) is 0 Å². The SMILES string of the molecule is CC(C)(NC(=O)Cc1cccc(Cl)c1)C(C)(C)C(=O)O. The van der Waals surface area contributed by atoms with Crippen LogP contribution in [0.25, 0.3) is 0 Å². The molecule has 0 aliphatic rings. The number of halogens is 1. The average molecular weight is 298 g/mol. The number of aliphatic carboxylic acids is 1. The van der Waals surface area contributed by atoms with Gasteiger partial charge < -0.3 is 10.4 Å². The largest absolute Gasteiger partial charge is 0.481 e. The third-order valence-corrected chi connectivity index (χ3v) is 4.04. The van der Waals surface area contributed by atoms with Crippen molar-refractivity contribution in [1.82, 2.24) is 5.32 Å². The Labute approximate surface area is 124 Å². The molecule has 0 unspecified atom stereocenters. The Morgan fingerprint density at radius 2 is 1.85 bits per heavy atom. The van der Waals surface area contributed by atoms with Crippen LogP contribution < -0.4 is 5.32 Å². The van der Waals surface area contributed by atoms with E-state index in [0.717, 1.165) is 5.56 Å². The van der Waals surface area contributed by atoms with Crippen molar-refractivity contribution in [2.24, 2.45) is 5.41 Å². The summed E-state index contributed by atoms with van der Waals surface area (Å²) in [5.74, 6) is -1.18. The van der Waals surface area contributed by atoms with E-state index < -0.39 is 16.9 Å². The van der Waals surface area contributed by atoms with Gasteiger partial charge in [-0.15, -0.1) is 0 Å². The molecule has 1 rings (SSSR count). The number of hydrogen-bond acceptors (Lipinski definition) is 2. The Morgan fingerprint density at radius 3 is 2.35 bits per heavy atom. The van der Waals surface area contributed by atoms with Crippen molar-refractivity contribution in [1.29, 1.82) is 0 Å². The van der Waals surface area contributed by atoms with Crippen molar-refractivity contribution >= 4 is 23.5 Å². The van der Waals surface area contributed by atoms with Crippen LogP contribution in [0.4, 0.5) is 0 Å². The van der Waals surface area contributed by atoms with Crippen LogP contribution in [0.1, 0.15) is 33.3 Å². The number of carbonyl (C=O) groups is 2. The lowest BCUT2D eigenvalue weighted by Gasteiger charge is -2.38. The Bertz CT molecular complexity index is 524. The van der Waals surface area contributed by atoms with E-state index in [1.165, 1.54) is 0 Å². The number of carbonyl (C=O) groups excluding carboxylic acids is 1. The van der Waals surface area contributed by atoms with Gasteiger partial charge in [0, 0.05) is 10.6 Å². The Balaban J connectivity index is 2.78. The van der Waals surface area contributed by atoms with Crippen molar-refractivity contribution in [3.8, 4) is 0 Å². The Hall–Kier alpha value is -1.55. The molecule has 2 N–H and O–H groups in total. The molecule has 0 saturated carbocycles. The molecule has 4 nitrogen and oxygen atoms in total. The molecule has 5 heteroatoms. The first kappa shape index (κ1) is 16.5. The summed E-state index contributed by atoms with van der Waals surface area (Å²) in [5, 5.41) is 12.6. The highest BCUT2D eigenvalue weighted by atomic mass is 35.5. The first-order valence-corrected chi connectivity index (χ1v) is 6.73. The number of nitrogens with one attached hydrogen (secondary N) is 1.